The van der Waals surface area contributed by atoms with Crippen LogP contribution in [0.15, 0.2) is 0 Å². The molecule has 1 heterocycles. The molecule has 0 aromatic heterocycles. The van der Waals surface area contributed by atoms with E-state index < -0.39 is 24.1 Å². The molecule has 1 saturated heterocycles. The Bertz CT molecular complexity index is 395. The predicted molar refractivity (Wildman–Crippen MR) is 72.4 cm³/mol. The zero-order valence-corrected chi connectivity index (χ0v) is 12.0. The predicted octanol–water partition coefficient (Wildman–Crippen LogP) is -0.300. The van der Waals surface area contributed by atoms with E-state index in [-0.39, 0.29) is 18.5 Å². The number of likely N-dealkylation sites (tertiary alicyclic amines) is 1. The van der Waals surface area contributed by atoms with E-state index in [1.165, 1.54) is 4.90 Å². The minimum absolute atomic E-state index is 0.00722. The molecule has 20 heavy (non-hydrogen) atoms. The van der Waals surface area contributed by atoms with Crippen LogP contribution < -0.4 is 5.32 Å². The van der Waals surface area contributed by atoms with Gasteiger partial charge < -0.3 is 25.3 Å². The van der Waals surface area contributed by atoms with Gasteiger partial charge in [0.05, 0.1) is 6.10 Å². The van der Waals surface area contributed by atoms with Crippen molar-refractivity contribution in [2.75, 3.05) is 27.2 Å². The second-order valence-corrected chi connectivity index (χ2v) is 6.03. The van der Waals surface area contributed by atoms with E-state index in [0.717, 1.165) is 19.3 Å². The molecule has 2 amide bonds. The second-order valence-electron chi connectivity index (χ2n) is 6.03. The van der Waals surface area contributed by atoms with Gasteiger partial charge in [0.15, 0.2) is 0 Å². The van der Waals surface area contributed by atoms with Crippen LogP contribution in [0.2, 0.25) is 0 Å². The van der Waals surface area contributed by atoms with E-state index in [1.54, 1.807) is 0 Å². The van der Waals surface area contributed by atoms with Crippen molar-refractivity contribution in [3.63, 3.8) is 0 Å². The van der Waals surface area contributed by atoms with Crippen LogP contribution in [0.25, 0.3) is 0 Å². The molecule has 3 N–H and O–H groups in total. The lowest BCUT2D eigenvalue weighted by atomic mass is 9.75. The summed E-state index contributed by atoms with van der Waals surface area (Å²) < 4.78 is 0. The number of nitrogens with one attached hydrogen (secondary N) is 1. The molecule has 1 aliphatic heterocycles. The van der Waals surface area contributed by atoms with E-state index in [9.17, 15) is 14.7 Å². The number of hydrogen-bond acceptors (Lipinski definition) is 4. The SMILES string of the molecule is CN(C)C1(CNC(=O)N2C[C@H](O)C[C@H]2C(=O)O)CCC1. The lowest BCUT2D eigenvalue weighted by Crippen LogP contribution is -2.59. The molecule has 1 aliphatic carbocycles. The second kappa shape index (κ2) is 5.57. The number of amides is 2. The number of carboxylic acid groups (broad SMARTS) is 1. The molecule has 0 unspecified atom stereocenters. The van der Waals surface area contributed by atoms with Gasteiger partial charge in [-0.25, -0.2) is 9.59 Å². The Balaban J connectivity index is 1.93. The molecule has 0 aromatic rings. The van der Waals surface area contributed by atoms with E-state index >= 15 is 0 Å². The number of β-amino-alcohol motifs (C(OH)–C–C–N with tert-alkyl or cyclic N) is 1. The average molecular weight is 285 g/mol. The smallest absolute Gasteiger partial charge is 0.326 e. The highest BCUT2D eigenvalue weighted by Gasteiger charge is 2.42. The van der Waals surface area contributed by atoms with Crippen LogP contribution in [0, 0.1) is 0 Å². The number of rotatable bonds is 4. The molecule has 114 valence electrons. The third-order valence-corrected chi connectivity index (χ3v) is 4.63. The molecule has 0 bridgehead atoms. The molecular formula is C13H23N3O4. The Morgan fingerprint density at radius 3 is 2.50 bits per heavy atom. The monoisotopic (exact) mass is 285 g/mol. The third kappa shape index (κ3) is 2.73. The van der Waals surface area contributed by atoms with Crippen LogP contribution in [-0.4, -0.2) is 76.9 Å². The lowest BCUT2D eigenvalue weighted by molar-refractivity contribution is -0.141. The maximum atomic E-state index is 12.1. The molecule has 7 nitrogen and oxygen atoms in total. The highest BCUT2D eigenvalue weighted by Crippen LogP contribution is 2.35. The first-order valence-corrected chi connectivity index (χ1v) is 6.98. The summed E-state index contributed by atoms with van der Waals surface area (Å²) in [5, 5.41) is 21.5. The van der Waals surface area contributed by atoms with Gasteiger partial charge in [-0.2, -0.15) is 0 Å². The molecule has 2 aliphatic rings. The summed E-state index contributed by atoms with van der Waals surface area (Å²) in [6.07, 6.45) is 2.56. The Morgan fingerprint density at radius 2 is 2.05 bits per heavy atom. The standard InChI is InChI=1S/C13H23N3O4/c1-15(2)13(4-3-5-13)8-14-12(20)16-7-9(17)6-10(16)11(18)19/h9-10,17H,3-8H2,1-2H3,(H,14,20)(H,18,19)/t9-,10+/m1/s1. The normalized spacial score (nSPS) is 28.3. The number of aliphatic hydroxyl groups is 1. The molecule has 1 saturated carbocycles. The van der Waals surface area contributed by atoms with Gasteiger partial charge in [-0.15, -0.1) is 0 Å². The zero-order chi connectivity index (χ0) is 14.9. The number of nitrogens with zero attached hydrogens (tertiary/aromatic N) is 2. The summed E-state index contributed by atoms with van der Waals surface area (Å²) in [7, 11) is 3.98. The molecule has 0 spiro atoms. The Hall–Kier alpha value is -1.34. The van der Waals surface area contributed by atoms with E-state index in [0.29, 0.717) is 6.54 Å². The van der Waals surface area contributed by atoms with Crippen LogP contribution in [0.3, 0.4) is 0 Å². The number of urea groups is 1. The van der Waals surface area contributed by atoms with Crippen molar-refractivity contribution in [2.24, 2.45) is 0 Å². The number of likely N-dealkylation sites (N-methyl/N-ethyl adjacent to an activating group) is 1. The molecule has 7 heteroatoms. The number of hydrogen-bond donors (Lipinski definition) is 3. The molecule has 2 atom stereocenters. The zero-order valence-electron chi connectivity index (χ0n) is 12.0. The van der Waals surface area contributed by atoms with Crippen LogP contribution in [0.5, 0.6) is 0 Å². The quantitative estimate of drug-likeness (QED) is 0.659. The van der Waals surface area contributed by atoms with E-state index in [2.05, 4.69) is 10.2 Å². The molecule has 2 rings (SSSR count). The van der Waals surface area contributed by atoms with Gasteiger partial charge in [0.1, 0.15) is 6.04 Å². The minimum atomic E-state index is -1.07. The highest BCUT2D eigenvalue weighted by molar-refractivity contribution is 5.83. The van der Waals surface area contributed by atoms with Crippen LogP contribution in [0.4, 0.5) is 4.79 Å². The summed E-state index contributed by atoms with van der Waals surface area (Å²) >= 11 is 0. The van der Waals surface area contributed by atoms with Crippen LogP contribution in [-0.2, 0) is 4.79 Å². The largest absolute Gasteiger partial charge is 0.480 e. The van der Waals surface area contributed by atoms with Crippen molar-refractivity contribution in [2.45, 2.75) is 43.4 Å². The number of aliphatic carboxylic acids is 1. The van der Waals surface area contributed by atoms with Gasteiger partial charge in [0, 0.05) is 25.0 Å². The summed E-state index contributed by atoms with van der Waals surface area (Å²) in [5.74, 6) is -1.07. The van der Waals surface area contributed by atoms with Crippen LogP contribution in [0.1, 0.15) is 25.7 Å². The van der Waals surface area contributed by atoms with Crippen molar-refractivity contribution in [3.8, 4) is 0 Å². The van der Waals surface area contributed by atoms with Crippen molar-refractivity contribution >= 4 is 12.0 Å². The van der Waals surface area contributed by atoms with Crippen molar-refractivity contribution in [3.05, 3.63) is 0 Å². The van der Waals surface area contributed by atoms with Gasteiger partial charge in [-0.1, -0.05) is 0 Å². The Labute approximate surface area is 118 Å². The molecule has 2 fully saturated rings. The van der Waals surface area contributed by atoms with Gasteiger partial charge in [-0.3, -0.25) is 0 Å². The summed E-state index contributed by atoms with van der Waals surface area (Å²) in [6, 6.07) is -1.33. The van der Waals surface area contributed by atoms with Crippen LogP contribution >= 0.6 is 0 Å². The first kappa shape index (κ1) is 15.1. The van der Waals surface area contributed by atoms with Gasteiger partial charge in [0.2, 0.25) is 0 Å². The van der Waals surface area contributed by atoms with E-state index in [1.807, 2.05) is 14.1 Å². The number of carbonyl (C=O) groups is 2. The summed E-state index contributed by atoms with van der Waals surface area (Å²) in [4.78, 5) is 26.6. The summed E-state index contributed by atoms with van der Waals surface area (Å²) in [5.41, 5.74) is -0.00722. The third-order valence-electron chi connectivity index (χ3n) is 4.63. The van der Waals surface area contributed by atoms with Gasteiger partial charge in [-0.05, 0) is 33.4 Å². The first-order chi connectivity index (χ1) is 9.35. The van der Waals surface area contributed by atoms with Gasteiger partial charge >= 0.3 is 12.0 Å². The minimum Gasteiger partial charge on any atom is -0.480 e. The average Bonchev–Trinajstić information content (AvgIpc) is 2.69. The maximum absolute atomic E-state index is 12.1. The molecular weight excluding hydrogens is 262 g/mol. The Kier molecular flexibility index (Phi) is 4.19. The van der Waals surface area contributed by atoms with Crippen molar-refractivity contribution in [1.82, 2.24) is 15.1 Å². The first-order valence-electron chi connectivity index (χ1n) is 6.98. The number of carboxylic acids is 1. The fourth-order valence-corrected chi connectivity index (χ4v) is 2.98. The number of carbonyl (C=O) groups excluding carboxylic acids is 1. The van der Waals surface area contributed by atoms with E-state index in [4.69, 9.17) is 5.11 Å². The maximum Gasteiger partial charge on any atom is 0.326 e. The topological polar surface area (TPSA) is 93.1 Å². The van der Waals surface area contributed by atoms with Crippen molar-refractivity contribution < 1.29 is 19.8 Å². The summed E-state index contributed by atoms with van der Waals surface area (Å²) in [6.45, 7) is 0.593. The lowest BCUT2D eigenvalue weighted by Gasteiger charge is -2.47. The van der Waals surface area contributed by atoms with Crippen molar-refractivity contribution in [1.29, 1.82) is 0 Å². The fourth-order valence-electron chi connectivity index (χ4n) is 2.98. The highest BCUT2D eigenvalue weighted by atomic mass is 16.4. The number of aliphatic hydroxyl groups excluding tert-OH is 1. The van der Waals surface area contributed by atoms with Gasteiger partial charge in [0.25, 0.3) is 0 Å². The molecule has 0 aromatic carbocycles. The Morgan fingerprint density at radius 1 is 1.40 bits per heavy atom. The molecule has 0 radical (unpaired) electrons. The fraction of sp³-hybridized carbons (Fsp3) is 0.846.